The Morgan fingerprint density at radius 2 is 1.69 bits per heavy atom. The SMILES string of the molecule is COc1ccccc1C[C@@H]1CCCN(CCCNC(=O)c2ccccc2)[C@]1(N)c1ccccc1.Cl. The second-order valence-corrected chi connectivity index (χ2v) is 9.01. The maximum absolute atomic E-state index is 12.4. The Hall–Kier alpha value is -2.86. The number of carbonyl (C=O) groups excluding carboxylic acids is 1. The lowest BCUT2D eigenvalue weighted by atomic mass is 9.75. The summed E-state index contributed by atoms with van der Waals surface area (Å²) < 4.78 is 5.63. The lowest BCUT2D eigenvalue weighted by Crippen LogP contribution is -2.61. The first-order valence-corrected chi connectivity index (χ1v) is 12.2. The Morgan fingerprint density at radius 3 is 2.40 bits per heavy atom. The zero-order valence-corrected chi connectivity index (χ0v) is 21.2. The molecule has 1 heterocycles. The molecule has 3 N–H and O–H groups in total. The molecule has 186 valence electrons. The monoisotopic (exact) mass is 493 g/mol. The van der Waals surface area contributed by atoms with E-state index in [0.29, 0.717) is 12.1 Å². The van der Waals surface area contributed by atoms with E-state index in [1.165, 1.54) is 5.56 Å². The summed E-state index contributed by atoms with van der Waals surface area (Å²) in [6, 6.07) is 28.0. The fourth-order valence-electron chi connectivity index (χ4n) is 5.17. The van der Waals surface area contributed by atoms with Crippen LogP contribution >= 0.6 is 12.4 Å². The number of para-hydroxylation sites is 1. The number of methoxy groups -OCH3 is 1. The van der Waals surface area contributed by atoms with Crippen LogP contribution in [0, 0.1) is 5.92 Å². The van der Waals surface area contributed by atoms with Gasteiger partial charge in [-0.1, -0.05) is 66.7 Å². The van der Waals surface area contributed by atoms with Crippen molar-refractivity contribution in [2.45, 2.75) is 31.3 Å². The van der Waals surface area contributed by atoms with E-state index in [9.17, 15) is 4.79 Å². The standard InChI is InChI=1S/C29H35N3O2.ClH/c1-34-27-18-9-8-14-24(27)22-26-17-10-20-32(29(26,30)25-15-6-3-7-16-25)21-11-19-31-28(33)23-12-4-2-5-13-23;/h2-9,12-16,18,26H,10-11,17,19-22,30H2,1H3,(H,31,33);1H/t26-,29+;/m0./s1. The minimum atomic E-state index is -0.580. The Labute approximate surface area is 215 Å². The van der Waals surface area contributed by atoms with Gasteiger partial charge in [0.25, 0.3) is 5.91 Å². The summed E-state index contributed by atoms with van der Waals surface area (Å²) in [4.78, 5) is 14.8. The van der Waals surface area contributed by atoms with E-state index in [-0.39, 0.29) is 24.2 Å². The van der Waals surface area contributed by atoms with Crippen molar-refractivity contribution < 1.29 is 9.53 Å². The normalized spacial score (nSPS) is 20.0. The third-order valence-electron chi connectivity index (χ3n) is 6.95. The first-order chi connectivity index (χ1) is 16.6. The van der Waals surface area contributed by atoms with Crippen molar-refractivity contribution in [1.29, 1.82) is 0 Å². The van der Waals surface area contributed by atoms with Crippen LogP contribution in [0.1, 0.15) is 40.7 Å². The molecule has 0 bridgehead atoms. The van der Waals surface area contributed by atoms with Gasteiger partial charge in [-0.25, -0.2) is 0 Å². The van der Waals surface area contributed by atoms with Crippen molar-refractivity contribution in [3.63, 3.8) is 0 Å². The van der Waals surface area contributed by atoms with Gasteiger partial charge in [0.15, 0.2) is 0 Å². The summed E-state index contributed by atoms with van der Waals surface area (Å²) >= 11 is 0. The van der Waals surface area contributed by atoms with Crippen LogP contribution in [0.15, 0.2) is 84.9 Å². The lowest BCUT2D eigenvalue weighted by molar-refractivity contribution is -0.00758. The Balaban J connectivity index is 0.00000342. The molecule has 1 aliphatic rings. The third-order valence-corrected chi connectivity index (χ3v) is 6.95. The molecule has 1 fully saturated rings. The number of hydrogen-bond acceptors (Lipinski definition) is 4. The molecule has 0 aliphatic carbocycles. The number of nitrogens with two attached hydrogens (primary N) is 1. The first kappa shape index (κ1) is 26.7. The maximum Gasteiger partial charge on any atom is 0.251 e. The van der Waals surface area contributed by atoms with Crippen LogP contribution in [-0.2, 0) is 12.1 Å². The zero-order chi connectivity index (χ0) is 23.8. The van der Waals surface area contributed by atoms with Crippen LogP contribution in [0.5, 0.6) is 5.75 Å². The number of rotatable bonds is 9. The van der Waals surface area contributed by atoms with Crippen LogP contribution in [0.4, 0.5) is 0 Å². The predicted molar refractivity (Wildman–Crippen MR) is 144 cm³/mol. The number of carbonyl (C=O) groups is 1. The number of amides is 1. The number of halogens is 1. The van der Waals surface area contributed by atoms with E-state index in [0.717, 1.165) is 50.1 Å². The van der Waals surface area contributed by atoms with Crippen molar-refractivity contribution in [2.24, 2.45) is 11.7 Å². The molecule has 1 saturated heterocycles. The van der Waals surface area contributed by atoms with Gasteiger partial charge < -0.3 is 15.8 Å². The molecule has 3 aromatic rings. The van der Waals surface area contributed by atoms with E-state index >= 15 is 0 Å². The molecule has 35 heavy (non-hydrogen) atoms. The van der Waals surface area contributed by atoms with Gasteiger partial charge in [0.1, 0.15) is 5.75 Å². The van der Waals surface area contributed by atoms with Gasteiger partial charge in [0.05, 0.1) is 12.8 Å². The fourth-order valence-corrected chi connectivity index (χ4v) is 5.17. The van der Waals surface area contributed by atoms with Gasteiger partial charge in [-0.15, -0.1) is 12.4 Å². The molecule has 0 radical (unpaired) electrons. The number of ether oxygens (including phenoxy) is 1. The van der Waals surface area contributed by atoms with E-state index in [4.69, 9.17) is 10.5 Å². The highest BCUT2D eigenvalue weighted by atomic mass is 35.5. The average Bonchev–Trinajstić information content (AvgIpc) is 2.89. The Morgan fingerprint density at radius 1 is 1.03 bits per heavy atom. The predicted octanol–water partition coefficient (Wildman–Crippen LogP) is 5.00. The minimum Gasteiger partial charge on any atom is -0.496 e. The molecule has 6 heteroatoms. The molecule has 5 nitrogen and oxygen atoms in total. The summed E-state index contributed by atoms with van der Waals surface area (Å²) in [5.41, 5.74) is 9.78. The molecule has 0 unspecified atom stereocenters. The molecular formula is C29H36ClN3O2. The quantitative estimate of drug-likeness (QED) is 0.411. The highest BCUT2D eigenvalue weighted by molar-refractivity contribution is 5.94. The topological polar surface area (TPSA) is 67.6 Å². The van der Waals surface area contributed by atoms with Crippen LogP contribution in [0.2, 0.25) is 0 Å². The van der Waals surface area contributed by atoms with Gasteiger partial charge >= 0.3 is 0 Å². The second kappa shape index (κ2) is 12.7. The van der Waals surface area contributed by atoms with E-state index < -0.39 is 5.66 Å². The molecule has 1 aliphatic heterocycles. The molecular weight excluding hydrogens is 458 g/mol. The highest BCUT2D eigenvalue weighted by Crippen LogP contribution is 2.41. The van der Waals surface area contributed by atoms with Crippen LogP contribution in [-0.4, -0.2) is 37.6 Å². The van der Waals surface area contributed by atoms with Crippen molar-refractivity contribution >= 4 is 18.3 Å². The lowest BCUT2D eigenvalue weighted by Gasteiger charge is -2.50. The summed E-state index contributed by atoms with van der Waals surface area (Å²) in [6.45, 7) is 2.38. The van der Waals surface area contributed by atoms with Crippen LogP contribution < -0.4 is 15.8 Å². The zero-order valence-electron chi connectivity index (χ0n) is 20.4. The third kappa shape index (κ3) is 6.23. The second-order valence-electron chi connectivity index (χ2n) is 9.01. The molecule has 0 saturated carbocycles. The average molecular weight is 494 g/mol. The van der Waals surface area contributed by atoms with Crippen molar-refractivity contribution in [2.75, 3.05) is 26.7 Å². The van der Waals surface area contributed by atoms with Crippen molar-refractivity contribution in [3.8, 4) is 5.75 Å². The van der Waals surface area contributed by atoms with Crippen LogP contribution in [0.3, 0.4) is 0 Å². The minimum absolute atomic E-state index is 0. The van der Waals surface area contributed by atoms with Gasteiger partial charge in [0.2, 0.25) is 0 Å². The molecule has 4 rings (SSSR count). The number of nitrogens with zero attached hydrogens (tertiary/aromatic N) is 1. The van der Waals surface area contributed by atoms with Gasteiger partial charge in [-0.2, -0.15) is 0 Å². The molecule has 2 atom stereocenters. The fraction of sp³-hybridized carbons (Fsp3) is 0.345. The van der Waals surface area contributed by atoms with Gasteiger partial charge in [0, 0.05) is 25.2 Å². The smallest absolute Gasteiger partial charge is 0.251 e. The number of nitrogens with one attached hydrogen (secondary N) is 1. The van der Waals surface area contributed by atoms with Crippen molar-refractivity contribution in [3.05, 3.63) is 102 Å². The summed E-state index contributed by atoms with van der Waals surface area (Å²) in [5.74, 6) is 1.13. The number of benzene rings is 3. The number of likely N-dealkylation sites (tertiary alicyclic amines) is 1. The molecule has 3 aromatic carbocycles. The summed E-state index contributed by atoms with van der Waals surface area (Å²) in [5, 5.41) is 3.05. The van der Waals surface area contributed by atoms with E-state index in [1.54, 1.807) is 7.11 Å². The first-order valence-electron chi connectivity index (χ1n) is 12.2. The molecule has 1 amide bonds. The Bertz CT molecular complexity index is 1060. The van der Waals surface area contributed by atoms with E-state index in [2.05, 4.69) is 46.6 Å². The molecule has 0 aromatic heterocycles. The van der Waals surface area contributed by atoms with E-state index in [1.807, 2.05) is 48.5 Å². The highest BCUT2D eigenvalue weighted by Gasteiger charge is 2.44. The van der Waals surface area contributed by atoms with Gasteiger partial charge in [-0.3, -0.25) is 9.69 Å². The summed E-state index contributed by atoms with van der Waals surface area (Å²) in [7, 11) is 1.72. The van der Waals surface area contributed by atoms with Crippen molar-refractivity contribution in [1.82, 2.24) is 10.2 Å². The number of hydrogen-bond donors (Lipinski definition) is 2. The van der Waals surface area contributed by atoms with Gasteiger partial charge in [-0.05, 0) is 60.9 Å². The summed E-state index contributed by atoms with van der Waals surface area (Å²) in [6.07, 6.45) is 3.86. The number of piperidine rings is 1. The maximum atomic E-state index is 12.4. The largest absolute Gasteiger partial charge is 0.496 e. The van der Waals surface area contributed by atoms with Crippen LogP contribution in [0.25, 0.3) is 0 Å². The Kier molecular flexibility index (Phi) is 9.73. The molecule has 0 spiro atoms.